The molecule has 2 rings (SSSR count). The van der Waals surface area contributed by atoms with Crippen molar-refractivity contribution in [2.45, 2.75) is 19.1 Å². The Morgan fingerprint density at radius 3 is 2.79 bits per heavy atom. The minimum Gasteiger partial charge on any atom is -0.399 e. The first-order chi connectivity index (χ1) is 8.83. The van der Waals surface area contributed by atoms with Crippen LogP contribution in [0.3, 0.4) is 0 Å². The number of rotatable bonds is 4. The number of hydrogen-bond acceptors (Lipinski definition) is 3. The van der Waals surface area contributed by atoms with Gasteiger partial charge in [0.05, 0.1) is 24.0 Å². The van der Waals surface area contributed by atoms with E-state index in [0.29, 0.717) is 18.1 Å². The maximum Gasteiger partial charge on any atom is 0.390 e. The summed E-state index contributed by atoms with van der Waals surface area (Å²) in [6, 6.07) is 5.27. The van der Waals surface area contributed by atoms with E-state index in [-0.39, 0.29) is 6.54 Å². The fourth-order valence-electron chi connectivity index (χ4n) is 1.81. The van der Waals surface area contributed by atoms with Crippen molar-refractivity contribution in [3.8, 4) is 0 Å². The van der Waals surface area contributed by atoms with Gasteiger partial charge in [-0.3, -0.25) is 4.90 Å². The van der Waals surface area contributed by atoms with Crippen molar-refractivity contribution in [2.24, 2.45) is 0 Å². The van der Waals surface area contributed by atoms with Crippen LogP contribution < -0.4 is 5.73 Å². The number of nitrogens with two attached hydrogens (primary N) is 1. The molecule has 0 aliphatic heterocycles. The van der Waals surface area contributed by atoms with Crippen molar-refractivity contribution >= 4 is 16.7 Å². The van der Waals surface area contributed by atoms with Gasteiger partial charge in [-0.1, -0.05) is 0 Å². The smallest absolute Gasteiger partial charge is 0.390 e. The molecular formula is C12H15F3N4. The van der Waals surface area contributed by atoms with Crippen molar-refractivity contribution in [1.82, 2.24) is 14.9 Å². The Kier molecular flexibility index (Phi) is 3.66. The third kappa shape index (κ3) is 3.85. The predicted octanol–water partition coefficient (Wildman–Crippen LogP) is 2.53. The summed E-state index contributed by atoms with van der Waals surface area (Å²) in [5.74, 6) is 0.630. The standard InChI is InChI=1S/C12H15F3N4/c1-19(5-4-12(13,14)15)7-11-17-9-3-2-8(16)6-10(9)18-11/h2-3,6H,4-5,7,16H2,1H3,(H,17,18). The molecule has 3 N–H and O–H groups in total. The van der Waals surface area contributed by atoms with Crippen LogP contribution in [0.4, 0.5) is 18.9 Å². The SMILES string of the molecule is CN(CCC(F)(F)F)Cc1nc2ccc(N)cc2[nH]1. The Hall–Kier alpha value is -1.76. The van der Waals surface area contributed by atoms with Gasteiger partial charge in [0, 0.05) is 12.2 Å². The topological polar surface area (TPSA) is 57.9 Å². The molecule has 0 bridgehead atoms. The van der Waals surface area contributed by atoms with E-state index in [4.69, 9.17) is 5.73 Å². The molecule has 19 heavy (non-hydrogen) atoms. The number of hydrogen-bond donors (Lipinski definition) is 2. The number of alkyl halides is 3. The highest BCUT2D eigenvalue weighted by molar-refractivity contribution is 5.78. The number of H-pyrrole nitrogens is 1. The number of halogens is 3. The quantitative estimate of drug-likeness (QED) is 0.841. The minimum atomic E-state index is -4.13. The second kappa shape index (κ2) is 5.08. The predicted molar refractivity (Wildman–Crippen MR) is 67.5 cm³/mol. The van der Waals surface area contributed by atoms with Crippen LogP contribution in [0.5, 0.6) is 0 Å². The highest BCUT2D eigenvalue weighted by atomic mass is 19.4. The van der Waals surface area contributed by atoms with E-state index in [1.807, 2.05) is 0 Å². The van der Waals surface area contributed by atoms with Crippen molar-refractivity contribution in [1.29, 1.82) is 0 Å². The molecule has 0 aliphatic rings. The van der Waals surface area contributed by atoms with E-state index in [2.05, 4.69) is 9.97 Å². The summed E-state index contributed by atoms with van der Waals surface area (Å²) in [4.78, 5) is 8.93. The summed E-state index contributed by atoms with van der Waals surface area (Å²) in [7, 11) is 1.63. The highest BCUT2D eigenvalue weighted by Gasteiger charge is 2.27. The molecule has 0 radical (unpaired) electrons. The summed E-state index contributed by atoms with van der Waals surface area (Å²) in [5, 5.41) is 0. The number of nitrogens with zero attached hydrogens (tertiary/aromatic N) is 2. The molecule has 0 saturated heterocycles. The summed E-state index contributed by atoms with van der Waals surface area (Å²) < 4.78 is 36.3. The van der Waals surface area contributed by atoms with Gasteiger partial charge in [-0.15, -0.1) is 0 Å². The molecule has 0 amide bonds. The van der Waals surface area contributed by atoms with Gasteiger partial charge in [0.25, 0.3) is 0 Å². The fraction of sp³-hybridized carbons (Fsp3) is 0.417. The van der Waals surface area contributed by atoms with Crippen molar-refractivity contribution in [2.75, 3.05) is 19.3 Å². The van der Waals surface area contributed by atoms with Gasteiger partial charge in [0.15, 0.2) is 0 Å². The van der Waals surface area contributed by atoms with Crippen LogP contribution in [0.1, 0.15) is 12.2 Å². The third-order valence-electron chi connectivity index (χ3n) is 2.75. The number of imidazole rings is 1. The molecule has 0 fully saturated rings. The van der Waals surface area contributed by atoms with Gasteiger partial charge >= 0.3 is 6.18 Å². The largest absolute Gasteiger partial charge is 0.399 e. The number of benzene rings is 1. The molecule has 0 spiro atoms. The molecule has 1 aromatic heterocycles. The number of aromatic amines is 1. The van der Waals surface area contributed by atoms with E-state index >= 15 is 0 Å². The third-order valence-corrected chi connectivity index (χ3v) is 2.75. The minimum absolute atomic E-state index is 0.0529. The van der Waals surface area contributed by atoms with Crippen LogP contribution in [0.15, 0.2) is 18.2 Å². The molecule has 2 aromatic rings. The molecule has 7 heteroatoms. The number of nitrogen functional groups attached to an aromatic ring is 1. The first-order valence-corrected chi connectivity index (χ1v) is 5.83. The summed E-state index contributed by atoms with van der Waals surface area (Å²) in [5.41, 5.74) is 7.81. The Morgan fingerprint density at radius 1 is 1.37 bits per heavy atom. The van der Waals surface area contributed by atoms with Crippen molar-refractivity contribution < 1.29 is 13.2 Å². The summed E-state index contributed by atoms with van der Waals surface area (Å²) >= 11 is 0. The van der Waals surface area contributed by atoms with Crippen LogP contribution in [0.25, 0.3) is 11.0 Å². The Bertz CT molecular complexity index is 562. The number of aromatic nitrogens is 2. The number of fused-ring (bicyclic) bond motifs is 1. The van der Waals surface area contributed by atoms with E-state index < -0.39 is 12.6 Å². The molecule has 4 nitrogen and oxygen atoms in total. The molecule has 1 heterocycles. The lowest BCUT2D eigenvalue weighted by molar-refractivity contribution is -0.137. The van der Waals surface area contributed by atoms with Gasteiger partial charge in [-0.2, -0.15) is 13.2 Å². The van der Waals surface area contributed by atoms with Gasteiger partial charge in [0.1, 0.15) is 5.82 Å². The summed E-state index contributed by atoms with van der Waals surface area (Å²) in [6.07, 6.45) is -4.95. The lowest BCUT2D eigenvalue weighted by Crippen LogP contribution is -2.24. The van der Waals surface area contributed by atoms with Gasteiger partial charge in [-0.05, 0) is 25.2 Å². The molecule has 0 atom stereocenters. The van der Waals surface area contributed by atoms with Crippen molar-refractivity contribution in [3.05, 3.63) is 24.0 Å². The highest BCUT2D eigenvalue weighted by Crippen LogP contribution is 2.20. The van der Waals surface area contributed by atoms with E-state index in [1.54, 1.807) is 30.1 Å². The maximum absolute atomic E-state index is 12.1. The normalized spacial score (nSPS) is 12.5. The van der Waals surface area contributed by atoms with E-state index in [0.717, 1.165) is 11.0 Å². The summed E-state index contributed by atoms with van der Waals surface area (Å²) in [6.45, 7) is 0.285. The average molecular weight is 272 g/mol. The molecule has 1 aromatic carbocycles. The second-order valence-corrected chi connectivity index (χ2v) is 4.56. The zero-order valence-corrected chi connectivity index (χ0v) is 10.5. The first kappa shape index (κ1) is 13.7. The van der Waals surface area contributed by atoms with Gasteiger partial charge in [-0.25, -0.2) is 4.98 Å². The lowest BCUT2D eigenvalue weighted by Gasteiger charge is -2.16. The van der Waals surface area contributed by atoms with Crippen LogP contribution >= 0.6 is 0 Å². The maximum atomic E-state index is 12.1. The van der Waals surface area contributed by atoms with E-state index in [9.17, 15) is 13.2 Å². The van der Waals surface area contributed by atoms with Crippen LogP contribution in [-0.2, 0) is 6.54 Å². The molecule has 0 aliphatic carbocycles. The van der Waals surface area contributed by atoms with Crippen molar-refractivity contribution in [3.63, 3.8) is 0 Å². The van der Waals surface area contributed by atoms with Gasteiger partial charge < -0.3 is 10.7 Å². The average Bonchev–Trinajstić information content (AvgIpc) is 2.66. The number of nitrogens with one attached hydrogen (secondary N) is 1. The zero-order chi connectivity index (χ0) is 14.0. The molecule has 0 saturated carbocycles. The van der Waals surface area contributed by atoms with Crippen LogP contribution in [-0.4, -0.2) is 34.6 Å². The first-order valence-electron chi connectivity index (χ1n) is 5.83. The van der Waals surface area contributed by atoms with Crippen LogP contribution in [0, 0.1) is 0 Å². The fourth-order valence-corrected chi connectivity index (χ4v) is 1.81. The lowest BCUT2D eigenvalue weighted by atomic mass is 10.3. The molecule has 0 unspecified atom stereocenters. The zero-order valence-electron chi connectivity index (χ0n) is 10.5. The van der Waals surface area contributed by atoms with Gasteiger partial charge in [0.2, 0.25) is 0 Å². The molecule has 104 valence electrons. The Labute approximate surface area is 108 Å². The van der Waals surface area contributed by atoms with E-state index in [1.165, 1.54) is 0 Å². The monoisotopic (exact) mass is 272 g/mol. The number of anilines is 1. The Balaban J connectivity index is 2.01. The second-order valence-electron chi connectivity index (χ2n) is 4.56. The Morgan fingerprint density at radius 2 is 2.11 bits per heavy atom. The molecular weight excluding hydrogens is 257 g/mol. The van der Waals surface area contributed by atoms with Crippen LogP contribution in [0.2, 0.25) is 0 Å².